The van der Waals surface area contributed by atoms with E-state index in [0.29, 0.717) is 13.0 Å². The molecule has 0 aliphatic rings. The smallest absolute Gasteiger partial charge is 0.226 e. The number of carbonyl (C=O) groups excluding carboxylic acids is 1. The van der Waals surface area contributed by atoms with Crippen molar-refractivity contribution < 1.29 is 4.79 Å². The Labute approximate surface area is 99.5 Å². The normalized spacial score (nSPS) is 10.2. The lowest BCUT2D eigenvalue weighted by Crippen LogP contribution is -2.15. The van der Waals surface area contributed by atoms with E-state index in [1.165, 1.54) is 6.33 Å². The Morgan fingerprint density at radius 2 is 2.24 bits per heavy atom. The van der Waals surface area contributed by atoms with Gasteiger partial charge in [-0.2, -0.15) is 5.10 Å². The summed E-state index contributed by atoms with van der Waals surface area (Å²) in [4.78, 5) is 15.5. The SMILES string of the molecule is Cc1ccccc1NC(=O)CCn1cncn1. The van der Waals surface area contributed by atoms with Crippen LogP contribution in [0.4, 0.5) is 5.69 Å². The Morgan fingerprint density at radius 1 is 1.41 bits per heavy atom. The molecule has 0 spiro atoms. The van der Waals surface area contributed by atoms with Gasteiger partial charge >= 0.3 is 0 Å². The zero-order chi connectivity index (χ0) is 12.1. The maximum Gasteiger partial charge on any atom is 0.226 e. The van der Waals surface area contributed by atoms with E-state index in [2.05, 4.69) is 15.4 Å². The number of amides is 1. The van der Waals surface area contributed by atoms with Crippen LogP contribution in [0.25, 0.3) is 0 Å². The fourth-order valence-electron chi connectivity index (χ4n) is 1.49. The maximum absolute atomic E-state index is 11.7. The molecule has 88 valence electrons. The number of aryl methyl sites for hydroxylation is 2. The standard InChI is InChI=1S/C12H14N4O/c1-10-4-2-3-5-11(10)15-12(17)6-7-16-9-13-8-14-16/h2-5,8-9H,6-7H2,1H3,(H,15,17). The van der Waals surface area contributed by atoms with Gasteiger partial charge in [-0.25, -0.2) is 4.98 Å². The summed E-state index contributed by atoms with van der Waals surface area (Å²) in [6, 6.07) is 7.70. The van der Waals surface area contributed by atoms with Gasteiger partial charge in [-0.05, 0) is 18.6 Å². The van der Waals surface area contributed by atoms with E-state index in [9.17, 15) is 4.79 Å². The number of hydrogen-bond acceptors (Lipinski definition) is 3. The molecule has 1 aromatic heterocycles. The summed E-state index contributed by atoms with van der Waals surface area (Å²) >= 11 is 0. The molecule has 1 heterocycles. The van der Waals surface area contributed by atoms with E-state index < -0.39 is 0 Å². The molecule has 0 unspecified atom stereocenters. The average Bonchev–Trinajstić information content (AvgIpc) is 2.82. The van der Waals surface area contributed by atoms with Gasteiger partial charge in [0.2, 0.25) is 5.91 Å². The Morgan fingerprint density at radius 3 is 2.94 bits per heavy atom. The first-order chi connectivity index (χ1) is 8.25. The molecule has 0 saturated carbocycles. The summed E-state index contributed by atoms with van der Waals surface area (Å²) in [5.74, 6) is -0.0187. The molecule has 0 atom stereocenters. The molecule has 0 aliphatic carbocycles. The van der Waals surface area contributed by atoms with Crippen molar-refractivity contribution in [3.8, 4) is 0 Å². The highest BCUT2D eigenvalue weighted by atomic mass is 16.1. The van der Waals surface area contributed by atoms with Crippen LogP contribution in [0.3, 0.4) is 0 Å². The second kappa shape index (κ2) is 5.25. The third-order valence-corrected chi connectivity index (χ3v) is 2.45. The van der Waals surface area contributed by atoms with Crippen LogP contribution < -0.4 is 5.32 Å². The minimum atomic E-state index is -0.0187. The van der Waals surface area contributed by atoms with Crippen LogP contribution in [0.5, 0.6) is 0 Å². The van der Waals surface area contributed by atoms with E-state index in [0.717, 1.165) is 11.3 Å². The van der Waals surface area contributed by atoms with Crippen molar-refractivity contribution in [2.45, 2.75) is 19.9 Å². The molecule has 0 radical (unpaired) electrons. The van der Waals surface area contributed by atoms with E-state index in [1.54, 1.807) is 11.0 Å². The number of nitrogens with zero attached hydrogens (tertiary/aromatic N) is 3. The number of nitrogens with one attached hydrogen (secondary N) is 1. The fourth-order valence-corrected chi connectivity index (χ4v) is 1.49. The minimum Gasteiger partial charge on any atom is -0.326 e. The molecule has 17 heavy (non-hydrogen) atoms. The first-order valence-corrected chi connectivity index (χ1v) is 5.43. The fraction of sp³-hybridized carbons (Fsp3) is 0.250. The Kier molecular flexibility index (Phi) is 3.49. The van der Waals surface area contributed by atoms with Crippen LogP contribution in [-0.2, 0) is 11.3 Å². The summed E-state index contributed by atoms with van der Waals surface area (Å²) in [6.45, 7) is 2.50. The van der Waals surface area contributed by atoms with Crippen molar-refractivity contribution >= 4 is 11.6 Å². The molecule has 2 aromatic rings. The third-order valence-electron chi connectivity index (χ3n) is 2.45. The van der Waals surface area contributed by atoms with Gasteiger partial charge < -0.3 is 5.32 Å². The van der Waals surface area contributed by atoms with Crippen molar-refractivity contribution in [3.63, 3.8) is 0 Å². The van der Waals surface area contributed by atoms with Crippen LogP contribution in [-0.4, -0.2) is 20.7 Å². The molecule has 1 N–H and O–H groups in total. The second-order valence-corrected chi connectivity index (χ2v) is 3.77. The maximum atomic E-state index is 11.7. The van der Waals surface area contributed by atoms with Crippen LogP contribution in [0.2, 0.25) is 0 Å². The lowest BCUT2D eigenvalue weighted by Gasteiger charge is -2.07. The summed E-state index contributed by atoms with van der Waals surface area (Å²) in [5, 5.41) is 6.81. The summed E-state index contributed by atoms with van der Waals surface area (Å²) in [7, 11) is 0. The Bertz CT molecular complexity index is 493. The predicted octanol–water partition coefficient (Wildman–Crippen LogP) is 1.62. The molecule has 0 aliphatic heterocycles. The molecule has 0 bridgehead atoms. The number of carbonyl (C=O) groups is 1. The lowest BCUT2D eigenvalue weighted by molar-refractivity contribution is -0.116. The van der Waals surface area contributed by atoms with Crippen molar-refractivity contribution in [3.05, 3.63) is 42.5 Å². The average molecular weight is 230 g/mol. The number of hydrogen-bond donors (Lipinski definition) is 1. The largest absolute Gasteiger partial charge is 0.326 e. The van der Waals surface area contributed by atoms with E-state index in [4.69, 9.17) is 0 Å². The third kappa shape index (κ3) is 3.14. The van der Waals surface area contributed by atoms with E-state index in [-0.39, 0.29) is 5.91 Å². The summed E-state index contributed by atoms with van der Waals surface area (Å²) < 4.78 is 1.64. The van der Waals surface area contributed by atoms with Crippen LogP contribution in [0.15, 0.2) is 36.9 Å². The number of anilines is 1. The number of rotatable bonds is 4. The van der Waals surface area contributed by atoms with Crippen LogP contribution in [0.1, 0.15) is 12.0 Å². The van der Waals surface area contributed by atoms with Crippen molar-refractivity contribution in [1.29, 1.82) is 0 Å². The van der Waals surface area contributed by atoms with Crippen molar-refractivity contribution in [2.75, 3.05) is 5.32 Å². The van der Waals surface area contributed by atoms with Gasteiger partial charge in [0.15, 0.2) is 0 Å². The minimum absolute atomic E-state index is 0.0187. The number of benzene rings is 1. The summed E-state index contributed by atoms with van der Waals surface area (Å²) in [6.07, 6.45) is 3.44. The topological polar surface area (TPSA) is 59.8 Å². The van der Waals surface area contributed by atoms with Gasteiger partial charge in [-0.15, -0.1) is 0 Å². The molecular formula is C12H14N4O. The van der Waals surface area contributed by atoms with Gasteiger partial charge in [0.05, 0.1) is 6.54 Å². The van der Waals surface area contributed by atoms with Gasteiger partial charge in [0.25, 0.3) is 0 Å². The van der Waals surface area contributed by atoms with Gasteiger partial charge in [-0.1, -0.05) is 18.2 Å². The zero-order valence-electron chi connectivity index (χ0n) is 9.63. The molecular weight excluding hydrogens is 216 g/mol. The Balaban J connectivity index is 1.87. The highest BCUT2D eigenvalue weighted by Gasteiger charge is 2.04. The molecule has 2 rings (SSSR count). The van der Waals surface area contributed by atoms with Gasteiger partial charge in [0, 0.05) is 12.1 Å². The molecule has 5 heteroatoms. The summed E-state index contributed by atoms with van der Waals surface area (Å²) in [5.41, 5.74) is 1.91. The molecule has 0 fully saturated rings. The Hall–Kier alpha value is -2.17. The second-order valence-electron chi connectivity index (χ2n) is 3.77. The van der Waals surface area contributed by atoms with Crippen molar-refractivity contribution in [1.82, 2.24) is 14.8 Å². The molecule has 5 nitrogen and oxygen atoms in total. The number of aromatic nitrogens is 3. The van der Waals surface area contributed by atoms with Crippen LogP contribution >= 0.6 is 0 Å². The van der Waals surface area contributed by atoms with Gasteiger partial charge in [0.1, 0.15) is 12.7 Å². The number of para-hydroxylation sites is 1. The van der Waals surface area contributed by atoms with Crippen molar-refractivity contribution in [2.24, 2.45) is 0 Å². The zero-order valence-corrected chi connectivity index (χ0v) is 9.63. The van der Waals surface area contributed by atoms with Crippen LogP contribution in [0, 0.1) is 6.92 Å². The molecule has 1 amide bonds. The highest BCUT2D eigenvalue weighted by Crippen LogP contribution is 2.13. The van der Waals surface area contributed by atoms with E-state index >= 15 is 0 Å². The molecule has 1 aromatic carbocycles. The highest BCUT2D eigenvalue weighted by molar-refractivity contribution is 5.91. The van der Waals surface area contributed by atoms with Gasteiger partial charge in [-0.3, -0.25) is 9.48 Å². The predicted molar refractivity (Wildman–Crippen MR) is 64.4 cm³/mol. The first-order valence-electron chi connectivity index (χ1n) is 5.43. The molecule has 0 saturated heterocycles. The van der Waals surface area contributed by atoms with E-state index in [1.807, 2.05) is 31.2 Å². The monoisotopic (exact) mass is 230 g/mol. The first kappa shape index (κ1) is 11.3. The lowest BCUT2D eigenvalue weighted by atomic mass is 10.2. The quantitative estimate of drug-likeness (QED) is 0.868.